The maximum atomic E-state index is 12.4. The van der Waals surface area contributed by atoms with E-state index in [1.54, 1.807) is 18.2 Å². The van der Waals surface area contributed by atoms with Crippen LogP contribution in [0.25, 0.3) is 0 Å². The predicted octanol–water partition coefficient (Wildman–Crippen LogP) is 3.68. The van der Waals surface area contributed by atoms with Crippen LogP contribution in [-0.4, -0.2) is 54.8 Å². The van der Waals surface area contributed by atoms with Gasteiger partial charge in [0.2, 0.25) is 0 Å². The van der Waals surface area contributed by atoms with Crippen LogP contribution in [0.15, 0.2) is 36.4 Å². The number of anilines is 1. The molecule has 0 bridgehead atoms. The van der Waals surface area contributed by atoms with Gasteiger partial charge in [0.05, 0.1) is 12.7 Å². The summed E-state index contributed by atoms with van der Waals surface area (Å²) in [7, 11) is 2.97. The van der Waals surface area contributed by atoms with Crippen molar-refractivity contribution in [3.63, 3.8) is 0 Å². The molecule has 8 nitrogen and oxygen atoms in total. The first-order valence-electron chi connectivity index (χ1n) is 11.2. The fourth-order valence-electron chi connectivity index (χ4n) is 4.06. The number of likely N-dealkylation sites (tertiary alicyclic amines) is 1. The number of phenols is 1. The van der Waals surface area contributed by atoms with Gasteiger partial charge in [-0.3, -0.25) is 25.4 Å². The number of ether oxygens (including phenoxy) is 1. The summed E-state index contributed by atoms with van der Waals surface area (Å²) in [5, 5.41) is 30.4. The van der Waals surface area contributed by atoms with E-state index in [4.69, 9.17) is 15.6 Å². The molecule has 0 aliphatic carbocycles. The largest absolute Gasteiger partial charge is 0.507 e. The monoisotopic (exact) mass is 451 g/mol. The number of amides is 1. The molecule has 0 radical (unpaired) electrons. The number of benzene rings is 2. The molecular formula is C25H33N5O3. The second kappa shape index (κ2) is 10.5. The summed E-state index contributed by atoms with van der Waals surface area (Å²) in [6.45, 7) is 7.02. The van der Waals surface area contributed by atoms with Gasteiger partial charge < -0.3 is 15.2 Å². The first-order chi connectivity index (χ1) is 15.8. The molecule has 1 heterocycles. The SMILES string of the molecule is CNC(=O)C(=N)N(C(=N)c1cc(C(C)C)c(OC)cc1O)c1ccc(CN2CCCC2)cc1. The molecule has 2 aromatic rings. The third kappa shape index (κ3) is 5.34. The zero-order valence-corrected chi connectivity index (χ0v) is 19.7. The minimum Gasteiger partial charge on any atom is -0.507 e. The van der Waals surface area contributed by atoms with Crippen LogP contribution in [0, 0.1) is 10.8 Å². The number of nitrogens with one attached hydrogen (secondary N) is 3. The molecule has 0 unspecified atom stereocenters. The number of likely N-dealkylation sites (N-methyl/N-ethyl adjacent to an activating group) is 1. The fourth-order valence-corrected chi connectivity index (χ4v) is 4.06. The lowest BCUT2D eigenvalue weighted by Gasteiger charge is -2.26. The standard InChI is InChI=1S/C25H33N5O3/c1-16(2)19-13-20(21(31)14-22(19)33-4)23(26)30(24(27)25(32)28-3)18-9-7-17(8-10-18)15-29-11-5-6-12-29/h7-10,13-14,16,26-27,31H,5-6,11-12,15H2,1-4H3,(H,28,32). The highest BCUT2D eigenvalue weighted by atomic mass is 16.5. The zero-order chi connectivity index (χ0) is 24.1. The van der Waals surface area contributed by atoms with Crippen molar-refractivity contribution < 1.29 is 14.6 Å². The highest BCUT2D eigenvalue weighted by molar-refractivity contribution is 6.48. The molecule has 2 aromatic carbocycles. The van der Waals surface area contributed by atoms with E-state index in [0.29, 0.717) is 11.4 Å². The lowest BCUT2D eigenvalue weighted by molar-refractivity contribution is -0.114. The van der Waals surface area contributed by atoms with Gasteiger partial charge in [0.15, 0.2) is 5.84 Å². The maximum absolute atomic E-state index is 12.4. The van der Waals surface area contributed by atoms with Crippen LogP contribution in [0.4, 0.5) is 5.69 Å². The molecule has 3 rings (SSSR count). The van der Waals surface area contributed by atoms with Gasteiger partial charge >= 0.3 is 0 Å². The minimum absolute atomic E-state index is 0.0869. The number of carbonyl (C=O) groups excluding carboxylic acids is 1. The van der Waals surface area contributed by atoms with Crippen LogP contribution in [0.1, 0.15) is 49.3 Å². The number of nitrogens with zero attached hydrogens (tertiary/aromatic N) is 2. The number of phenolic OH excluding ortho intramolecular Hbond substituents is 1. The second-order valence-electron chi connectivity index (χ2n) is 8.53. The molecule has 1 amide bonds. The van der Waals surface area contributed by atoms with Gasteiger partial charge in [0.25, 0.3) is 5.91 Å². The van der Waals surface area contributed by atoms with E-state index in [1.165, 1.54) is 38.0 Å². The lowest BCUT2D eigenvalue weighted by atomic mass is 9.98. The molecule has 0 saturated carbocycles. The Morgan fingerprint density at radius 2 is 1.82 bits per heavy atom. The molecular weight excluding hydrogens is 418 g/mol. The predicted molar refractivity (Wildman–Crippen MR) is 131 cm³/mol. The summed E-state index contributed by atoms with van der Waals surface area (Å²) >= 11 is 0. The van der Waals surface area contributed by atoms with Crippen LogP contribution in [0.2, 0.25) is 0 Å². The number of methoxy groups -OCH3 is 1. The Balaban J connectivity index is 1.99. The van der Waals surface area contributed by atoms with Crippen LogP contribution in [0.5, 0.6) is 11.5 Å². The van der Waals surface area contributed by atoms with E-state index in [-0.39, 0.29) is 23.1 Å². The van der Waals surface area contributed by atoms with E-state index in [2.05, 4.69) is 10.2 Å². The number of aromatic hydroxyl groups is 1. The third-order valence-corrected chi connectivity index (χ3v) is 5.91. The van der Waals surface area contributed by atoms with Crippen LogP contribution >= 0.6 is 0 Å². The lowest BCUT2D eigenvalue weighted by Crippen LogP contribution is -2.45. The van der Waals surface area contributed by atoms with Crippen molar-refractivity contribution in [3.05, 3.63) is 53.1 Å². The van der Waals surface area contributed by atoms with Crippen molar-refractivity contribution in [1.29, 1.82) is 10.8 Å². The molecule has 0 aromatic heterocycles. The molecule has 176 valence electrons. The number of carbonyl (C=O) groups is 1. The molecule has 1 saturated heterocycles. The van der Waals surface area contributed by atoms with E-state index < -0.39 is 11.7 Å². The first-order valence-corrected chi connectivity index (χ1v) is 11.2. The van der Waals surface area contributed by atoms with Gasteiger partial charge in [0, 0.05) is 25.3 Å². The Morgan fingerprint density at radius 3 is 2.36 bits per heavy atom. The van der Waals surface area contributed by atoms with Crippen molar-refractivity contribution in [2.45, 2.75) is 39.2 Å². The van der Waals surface area contributed by atoms with Gasteiger partial charge in [-0.1, -0.05) is 26.0 Å². The van der Waals surface area contributed by atoms with Crippen molar-refractivity contribution in [3.8, 4) is 11.5 Å². The van der Waals surface area contributed by atoms with Crippen molar-refractivity contribution in [2.75, 3.05) is 32.1 Å². The summed E-state index contributed by atoms with van der Waals surface area (Å²) in [6.07, 6.45) is 2.44. The molecule has 0 atom stereocenters. The first kappa shape index (κ1) is 24.3. The van der Waals surface area contributed by atoms with Gasteiger partial charge in [-0.05, 0) is 61.2 Å². The average molecular weight is 452 g/mol. The fraction of sp³-hybridized carbons (Fsp3) is 0.400. The summed E-state index contributed by atoms with van der Waals surface area (Å²) in [5.41, 5.74) is 2.67. The molecule has 1 aliphatic rings. The number of amidine groups is 2. The van der Waals surface area contributed by atoms with Gasteiger partial charge in [-0.2, -0.15) is 0 Å². The minimum atomic E-state index is -0.627. The summed E-state index contributed by atoms with van der Waals surface area (Å²) < 4.78 is 5.38. The van der Waals surface area contributed by atoms with Crippen LogP contribution < -0.4 is 15.0 Å². The van der Waals surface area contributed by atoms with E-state index in [1.807, 2.05) is 26.0 Å². The van der Waals surface area contributed by atoms with Crippen molar-refractivity contribution in [2.24, 2.45) is 0 Å². The quantitative estimate of drug-likeness (QED) is 0.395. The third-order valence-electron chi connectivity index (χ3n) is 5.91. The Bertz CT molecular complexity index is 1030. The van der Waals surface area contributed by atoms with E-state index in [0.717, 1.165) is 30.8 Å². The Labute approximate surface area is 195 Å². The molecule has 0 spiro atoms. The van der Waals surface area contributed by atoms with Gasteiger partial charge in [-0.25, -0.2) is 0 Å². The molecule has 8 heteroatoms. The van der Waals surface area contributed by atoms with Crippen LogP contribution in [-0.2, 0) is 11.3 Å². The molecule has 4 N–H and O–H groups in total. The van der Waals surface area contributed by atoms with Crippen molar-refractivity contribution >= 4 is 23.3 Å². The van der Waals surface area contributed by atoms with E-state index in [9.17, 15) is 9.90 Å². The smallest absolute Gasteiger partial charge is 0.286 e. The highest BCUT2D eigenvalue weighted by Crippen LogP contribution is 2.34. The average Bonchev–Trinajstić information content (AvgIpc) is 3.32. The summed E-state index contributed by atoms with van der Waals surface area (Å²) in [6, 6.07) is 10.7. The highest BCUT2D eigenvalue weighted by Gasteiger charge is 2.27. The van der Waals surface area contributed by atoms with Crippen molar-refractivity contribution in [1.82, 2.24) is 10.2 Å². The second-order valence-corrected chi connectivity index (χ2v) is 8.53. The van der Waals surface area contributed by atoms with E-state index >= 15 is 0 Å². The topological polar surface area (TPSA) is 113 Å². The number of rotatable bonds is 6. The van der Waals surface area contributed by atoms with Gasteiger partial charge in [0.1, 0.15) is 17.3 Å². The molecule has 1 fully saturated rings. The normalized spacial score (nSPS) is 13.7. The maximum Gasteiger partial charge on any atom is 0.286 e. The Kier molecular flexibility index (Phi) is 7.71. The van der Waals surface area contributed by atoms with Crippen LogP contribution in [0.3, 0.4) is 0 Å². The molecule has 33 heavy (non-hydrogen) atoms. The molecule has 1 aliphatic heterocycles. The number of hydrogen-bond donors (Lipinski definition) is 4. The summed E-state index contributed by atoms with van der Waals surface area (Å²) in [4.78, 5) is 16.0. The Morgan fingerprint density at radius 1 is 1.18 bits per heavy atom. The summed E-state index contributed by atoms with van der Waals surface area (Å²) in [5.74, 6) is -0.740. The zero-order valence-electron chi connectivity index (χ0n) is 19.7. The Hall–Kier alpha value is -3.39. The number of hydrogen-bond acceptors (Lipinski definition) is 6. The van der Waals surface area contributed by atoms with Gasteiger partial charge in [-0.15, -0.1) is 0 Å².